The van der Waals surface area contributed by atoms with Crippen molar-refractivity contribution < 1.29 is 14.7 Å². The summed E-state index contributed by atoms with van der Waals surface area (Å²) < 4.78 is 1.58. The molecular weight excluding hydrogens is 434 g/mol. The number of amides is 1. The van der Waals surface area contributed by atoms with Crippen molar-refractivity contribution in [2.45, 2.75) is 11.5 Å². The molecule has 2 aromatic carbocycles. The highest BCUT2D eigenvalue weighted by molar-refractivity contribution is 5.94. The molecule has 0 spiro atoms. The van der Waals surface area contributed by atoms with Crippen molar-refractivity contribution in [2.24, 2.45) is 5.92 Å². The van der Waals surface area contributed by atoms with Gasteiger partial charge in [-0.25, -0.2) is 4.68 Å². The van der Waals surface area contributed by atoms with Gasteiger partial charge in [-0.2, -0.15) is 0 Å². The third-order valence-corrected chi connectivity index (χ3v) is 7.17. The van der Waals surface area contributed by atoms with Gasteiger partial charge in [-0.05, 0) is 40.3 Å². The molecule has 4 saturated heterocycles. The molecule has 4 aliphatic rings. The van der Waals surface area contributed by atoms with Gasteiger partial charge < -0.3 is 20.2 Å². The Morgan fingerprint density at radius 1 is 1.03 bits per heavy atom. The van der Waals surface area contributed by atoms with E-state index in [0.29, 0.717) is 11.5 Å². The van der Waals surface area contributed by atoms with Gasteiger partial charge in [0.1, 0.15) is 6.33 Å². The first kappa shape index (κ1) is 22.2. The zero-order chi connectivity index (χ0) is 23.5. The van der Waals surface area contributed by atoms with Gasteiger partial charge in [0.05, 0.1) is 5.69 Å². The fourth-order valence-electron chi connectivity index (χ4n) is 5.84. The van der Waals surface area contributed by atoms with Gasteiger partial charge in [-0.1, -0.05) is 30.3 Å². The summed E-state index contributed by atoms with van der Waals surface area (Å²) in [5.74, 6) is 0.411. The Labute approximate surface area is 197 Å². The second-order valence-electron chi connectivity index (χ2n) is 9.11. The molecule has 5 heterocycles. The smallest absolute Gasteiger partial charge is 0.290 e. The maximum absolute atomic E-state index is 13.3. The lowest BCUT2D eigenvalue weighted by Crippen LogP contribution is -2.70. The average Bonchev–Trinajstić information content (AvgIpc) is 3.28. The minimum Gasteiger partial charge on any atom is -0.483 e. The van der Waals surface area contributed by atoms with Gasteiger partial charge in [0.25, 0.3) is 12.4 Å². The maximum Gasteiger partial charge on any atom is 0.290 e. The van der Waals surface area contributed by atoms with E-state index < -0.39 is 0 Å². The van der Waals surface area contributed by atoms with Crippen LogP contribution in [-0.4, -0.2) is 92.8 Å². The van der Waals surface area contributed by atoms with Crippen LogP contribution in [0.2, 0.25) is 0 Å². The number of piperidine rings is 2. The highest BCUT2D eigenvalue weighted by atomic mass is 16.3. The van der Waals surface area contributed by atoms with Gasteiger partial charge in [-0.3, -0.25) is 9.59 Å². The molecule has 4 bridgehead atoms. The van der Waals surface area contributed by atoms with Crippen LogP contribution < -0.4 is 5.32 Å². The quantitative estimate of drug-likeness (QED) is 0.545. The van der Waals surface area contributed by atoms with E-state index in [4.69, 9.17) is 9.90 Å². The molecule has 176 valence electrons. The Morgan fingerprint density at radius 2 is 1.68 bits per heavy atom. The van der Waals surface area contributed by atoms with E-state index in [2.05, 4.69) is 61.0 Å². The summed E-state index contributed by atoms with van der Waals surface area (Å²) in [5.41, 5.74) is 2.73. The van der Waals surface area contributed by atoms with E-state index >= 15 is 0 Å². The van der Waals surface area contributed by atoms with Crippen molar-refractivity contribution in [3.8, 4) is 5.69 Å². The molecule has 0 aliphatic carbocycles. The van der Waals surface area contributed by atoms with Crippen LogP contribution in [0.25, 0.3) is 5.69 Å². The first-order valence-corrected chi connectivity index (χ1v) is 11.4. The highest BCUT2D eigenvalue weighted by Crippen LogP contribution is 2.43. The molecule has 1 amide bonds. The largest absolute Gasteiger partial charge is 0.483 e. The topological polar surface area (TPSA) is 116 Å². The van der Waals surface area contributed by atoms with Crippen molar-refractivity contribution >= 4 is 12.4 Å². The number of carbonyl (C=O) groups is 2. The molecule has 0 saturated carbocycles. The van der Waals surface area contributed by atoms with Crippen LogP contribution in [0.3, 0.4) is 0 Å². The zero-order valence-electron chi connectivity index (χ0n) is 18.7. The van der Waals surface area contributed by atoms with E-state index in [1.807, 2.05) is 24.3 Å². The zero-order valence-corrected chi connectivity index (χ0v) is 18.7. The third kappa shape index (κ3) is 4.06. The third-order valence-electron chi connectivity index (χ3n) is 7.17. The number of benzene rings is 2. The number of nitrogens with one attached hydrogen (secondary N) is 1. The lowest BCUT2D eigenvalue weighted by molar-refractivity contribution is -0.122. The molecule has 34 heavy (non-hydrogen) atoms. The molecule has 3 atom stereocenters. The van der Waals surface area contributed by atoms with Crippen molar-refractivity contribution in [2.75, 3.05) is 39.3 Å². The summed E-state index contributed by atoms with van der Waals surface area (Å²) in [6.07, 6.45) is 1.54. The lowest BCUT2D eigenvalue weighted by atomic mass is 9.64. The number of carboxylic acid groups (broad SMARTS) is 1. The van der Waals surface area contributed by atoms with Crippen LogP contribution in [0.1, 0.15) is 15.9 Å². The van der Waals surface area contributed by atoms with Crippen molar-refractivity contribution in [1.29, 1.82) is 0 Å². The van der Waals surface area contributed by atoms with Crippen molar-refractivity contribution in [1.82, 2.24) is 35.3 Å². The molecule has 4 aliphatic heterocycles. The van der Waals surface area contributed by atoms with Gasteiger partial charge in [0.15, 0.2) is 0 Å². The van der Waals surface area contributed by atoms with Crippen LogP contribution in [-0.2, 0) is 10.2 Å². The van der Waals surface area contributed by atoms with E-state index in [1.165, 1.54) is 5.56 Å². The predicted molar refractivity (Wildman–Crippen MR) is 124 cm³/mol. The Balaban J connectivity index is 0.000000764. The normalized spacial score (nSPS) is 28.9. The number of hydrogen-bond donors (Lipinski definition) is 2. The summed E-state index contributed by atoms with van der Waals surface area (Å²) in [6.45, 7) is 6.07. The molecule has 1 aromatic heterocycles. The Hall–Kier alpha value is -3.63. The standard InChI is InChI=1S/C23H25N7O.CH2O2/c31-22(17-6-8-20(9-7-17)30-16-24-26-27-30)25-21-18-12-28-10-11-29(13-18)15-23(21,14-28)19-4-2-1-3-5-19;2-1-3/h1-9,16,18,21H,10-15H2,(H,25,31);1H,(H,2,3). The molecular formula is C24H27N7O3. The van der Waals surface area contributed by atoms with Crippen molar-refractivity contribution in [3.05, 3.63) is 72.1 Å². The molecule has 3 aromatic rings. The minimum absolute atomic E-state index is 0.0141. The minimum atomic E-state index is -0.250. The maximum atomic E-state index is 13.3. The summed E-state index contributed by atoms with van der Waals surface area (Å²) >= 11 is 0. The summed E-state index contributed by atoms with van der Waals surface area (Å²) in [4.78, 5) is 26.9. The summed E-state index contributed by atoms with van der Waals surface area (Å²) in [5, 5.41) is 21.6. The number of rotatable bonds is 4. The lowest BCUT2D eigenvalue weighted by Gasteiger charge is -2.55. The average molecular weight is 462 g/mol. The summed E-state index contributed by atoms with van der Waals surface area (Å²) in [6, 6.07) is 18.3. The second-order valence-corrected chi connectivity index (χ2v) is 9.11. The number of tetrazole rings is 1. The Bertz CT molecular complexity index is 1110. The SMILES string of the molecule is O=C(NC1C2CN3CCN(C2)CC1(c1ccccc1)C3)c1ccc(-n2cnnn2)cc1.O=CO. The number of carbonyl (C=O) groups excluding carboxylic acids is 1. The molecule has 10 heteroatoms. The Kier molecular flexibility index (Phi) is 6.08. The van der Waals surface area contributed by atoms with E-state index in [0.717, 1.165) is 45.0 Å². The van der Waals surface area contributed by atoms with E-state index in [9.17, 15) is 4.79 Å². The highest BCUT2D eigenvalue weighted by Gasteiger charge is 2.55. The number of nitrogens with zero attached hydrogens (tertiary/aromatic N) is 6. The van der Waals surface area contributed by atoms with Crippen LogP contribution in [0.4, 0.5) is 0 Å². The van der Waals surface area contributed by atoms with Crippen LogP contribution in [0, 0.1) is 5.92 Å². The summed E-state index contributed by atoms with van der Waals surface area (Å²) in [7, 11) is 0. The van der Waals surface area contributed by atoms with E-state index in [-0.39, 0.29) is 23.8 Å². The molecule has 3 unspecified atom stereocenters. The fourth-order valence-corrected chi connectivity index (χ4v) is 5.84. The number of aromatic nitrogens is 4. The molecule has 7 rings (SSSR count). The van der Waals surface area contributed by atoms with Gasteiger partial charge in [0.2, 0.25) is 0 Å². The molecule has 10 nitrogen and oxygen atoms in total. The van der Waals surface area contributed by atoms with Gasteiger partial charge in [0, 0.05) is 62.2 Å². The number of hydrogen-bond acceptors (Lipinski definition) is 7. The van der Waals surface area contributed by atoms with Crippen LogP contribution in [0.5, 0.6) is 0 Å². The van der Waals surface area contributed by atoms with Gasteiger partial charge in [-0.15, -0.1) is 5.10 Å². The molecule has 4 fully saturated rings. The van der Waals surface area contributed by atoms with Crippen LogP contribution in [0.15, 0.2) is 60.9 Å². The Morgan fingerprint density at radius 3 is 2.26 bits per heavy atom. The first-order chi connectivity index (χ1) is 16.6. The number of fused-ring (bicyclic) bond motifs is 1. The van der Waals surface area contributed by atoms with Crippen molar-refractivity contribution in [3.63, 3.8) is 0 Å². The monoisotopic (exact) mass is 461 g/mol. The van der Waals surface area contributed by atoms with E-state index in [1.54, 1.807) is 11.0 Å². The molecule has 0 radical (unpaired) electrons. The van der Waals surface area contributed by atoms with Crippen LogP contribution >= 0.6 is 0 Å². The van der Waals surface area contributed by atoms with Gasteiger partial charge >= 0.3 is 0 Å². The first-order valence-electron chi connectivity index (χ1n) is 11.4. The predicted octanol–water partition coefficient (Wildman–Crippen LogP) is 0.661. The molecule has 2 N–H and O–H groups in total. The second kappa shape index (κ2) is 9.32. The fraction of sp³-hybridized carbons (Fsp3) is 0.375.